The van der Waals surface area contributed by atoms with E-state index < -0.39 is 12.0 Å². The monoisotopic (exact) mass is 201 g/mol. The Bertz CT molecular complexity index is 225. The molecule has 0 spiro atoms. The second kappa shape index (κ2) is 5.78. The number of amides is 1. The maximum absolute atomic E-state index is 11.5. The van der Waals surface area contributed by atoms with Crippen LogP contribution in [0.5, 0.6) is 0 Å². The van der Waals surface area contributed by atoms with Crippen LogP contribution < -0.4 is 0 Å². The SMILES string of the molecule is C/C=C(\C)[C@@H](O)[C@H](C)C(=O)N(C)OC. The highest BCUT2D eigenvalue weighted by Crippen LogP contribution is 2.14. The van der Waals surface area contributed by atoms with Crippen molar-refractivity contribution in [3.05, 3.63) is 11.6 Å². The lowest BCUT2D eigenvalue weighted by Gasteiger charge is -2.23. The van der Waals surface area contributed by atoms with Crippen LogP contribution in [-0.4, -0.2) is 36.3 Å². The van der Waals surface area contributed by atoms with E-state index in [-0.39, 0.29) is 5.91 Å². The average molecular weight is 201 g/mol. The fourth-order valence-electron chi connectivity index (χ4n) is 1.08. The molecule has 0 heterocycles. The molecule has 1 amide bonds. The Morgan fingerprint density at radius 3 is 2.43 bits per heavy atom. The molecule has 4 nitrogen and oxygen atoms in total. The van der Waals surface area contributed by atoms with Gasteiger partial charge in [0.05, 0.1) is 19.1 Å². The Kier molecular flexibility index (Phi) is 5.42. The summed E-state index contributed by atoms with van der Waals surface area (Å²) in [6, 6.07) is 0. The van der Waals surface area contributed by atoms with E-state index in [1.807, 2.05) is 6.92 Å². The third-order valence-electron chi connectivity index (χ3n) is 2.37. The molecule has 0 unspecified atom stereocenters. The molecular formula is C10H19NO3. The van der Waals surface area contributed by atoms with Crippen LogP contribution in [0, 0.1) is 5.92 Å². The molecule has 82 valence electrons. The van der Waals surface area contributed by atoms with Gasteiger partial charge in [0.2, 0.25) is 0 Å². The number of allylic oxidation sites excluding steroid dienone is 1. The normalized spacial score (nSPS) is 16.3. The van der Waals surface area contributed by atoms with Crippen molar-refractivity contribution in [3.8, 4) is 0 Å². The zero-order chi connectivity index (χ0) is 11.3. The van der Waals surface area contributed by atoms with Crippen LogP contribution in [0.4, 0.5) is 0 Å². The molecule has 0 radical (unpaired) electrons. The number of rotatable bonds is 4. The summed E-state index contributed by atoms with van der Waals surface area (Å²) in [7, 11) is 2.94. The summed E-state index contributed by atoms with van der Waals surface area (Å²) in [5.41, 5.74) is 0.787. The Labute approximate surface area is 85.1 Å². The standard InChI is InChI=1S/C10H19NO3/c1-6-7(2)9(12)8(3)10(13)11(4)14-5/h6,8-9,12H,1-5H3/b7-6+/t8-,9+/m0/s1. The van der Waals surface area contributed by atoms with Crippen molar-refractivity contribution in [2.24, 2.45) is 5.92 Å². The molecule has 0 rings (SSSR count). The number of aliphatic hydroxyl groups excluding tert-OH is 1. The van der Waals surface area contributed by atoms with E-state index in [0.717, 1.165) is 10.6 Å². The Morgan fingerprint density at radius 2 is 2.07 bits per heavy atom. The number of hydrogen-bond donors (Lipinski definition) is 1. The maximum atomic E-state index is 11.5. The van der Waals surface area contributed by atoms with Gasteiger partial charge in [0.1, 0.15) is 0 Å². The number of carbonyl (C=O) groups excluding carboxylic acids is 1. The van der Waals surface area contributed by atoms with Gasteiger partial charge in [-0.15, -0.1) is 0 Å². The van der Waals surface area contributed by atoms with Crippen LogP contribution in [-0.2, 0) is 9.63 Å². The number of aliphatic hydroxyl groups is 1. The molecule has 0 bridgehead atoms. The van der Waals surface area contributed by atoms with Gasteiger partial charge < -0.3 is 5.11 Å². The molecule has 0 saturated carbocycles. The van der Waals surface area contributed by atoms with E-state index in [1.165, 1.54) is 14.2 Å². The molecule has 0 aliphatic heterocycles. The Hall–Kier alpha value is -0.870. The van der Waals surface area contributed by atoms with E-state index in [1.54, 1.807) is 19.9 Å². The fourth-order valence-corrected chi connectivity index (χ4v) is 1.08. The molecule has 1 N–H and O–H groups in total. The van der Waals surface area contributed by atoms with Gasteiger partial charge in [-0.05, 0) is 19.4 Å². The first-order valence-corrected chi connectivity index (χ1v) is 4.58. The molecule has 2 atom stereocenters. The van der Waals surface area contributed by atoms with Crippen LogP contribution in [0.1, 0.15) is 20.8 Å². The third kappa shape index (κ3) is 3.12. The number of hydroxylamine groups is 2. The smallest absolute Gasteiger partial charge is 0.251 e. The molecule has 0 fully saturated rings. The summed E-state index contributed by atoms with van der Waals surface area (Å²) >= 11 is 0. The molecular weight excluding hydrogens is 182 g/mol. The van der Waals surface area contributed by atoms with Crippen LogP contribution in [0.25, 0.3) is 0 Å². The summed E-state index contributed by atoms with van der Waals surface area (Å²) < 4.78 is 0. The molecule has 0 saturated heterocycles. The lowest BCUT2D eigenvalue weighted by atomic mass is 9.97. The van der Waals surface area contributed by atoms with Gasteiger partial charge in [0.25, 0.3) is 5.91 Å². The second-order valence-electron chi connectivity index (χ2n) is 3.28. The van der Waals surface area contributed by atoms with E-state index in [4.69, 9.17) is 4.84 Å². The van der Waals surface area contributed by atoms with Gasteiger partial charge in [0, 0.05) is 7.05 Å². The van der Waals surface area contributed by atoms with Crippen molar-refractivity contribution in [1.82, 2.24) is 5.06 Å². The Morgan fingerprint density at radius 1 is 1.57 bits per heavy atom. The van der Waals surface area contributed by atoms with E-state index in [0.29, 0.717) is 0 Å². The topological polar surface area (TPSA) is 49.8 Å². The Balaban J connectivity index is 4.46. The van der Waals surface area contributed by atoms with Crippen molar-refractivity contribution in [3.63, 3.8) is 0 Å². The van der Waals surface area contributed by atoms with E-state index >= 15 is 0 Å². The summed E-state index contributed by atoms with van der Waals surface area (Å²) in [6.07, 6.45) is 1.05. The third-order valence-corrected chi connectivity index (χ3v) is 2.37. The van der Waals surface area contributed by atoms with Gasteiger partial charge in [-0.3, -0.25) is 9.63 Å². The highest BCUT2D eigenvalue weighted by molar-refractivity contribution is 5.78. The minimum absolute atomic E-state index is 0.235. The van der Waals surface area contributed by atoms with Crippen LogP contribution in [0.2, 0.25) is 0 Å². The lowest BCUT2D eigenvalue weighted by molar-refractivity contribution is -0.175. The summed E-state index contributed by atoms with van der Waals surface area (Å²) in [5, 5.41) is 10.9. The number of carbonyl (C=O) groups is 1. The summed E-state index contributed by atoms with van der Waals surface area (Å²) in [6.45, 7) is 5.30. The van der Waals surface area contributed by atoms with Gasteiger partial charge >= 0.3 is 0 Å². The predicted molar refractivity (Wildman–Crippen MR) is 54.4 cm³/mol. The van der Waals surface area contributed by atoms with Crippen molar-refractivity contribution >= 4 is 5.91 Å². The molecule has 0 aliphatic carbocycles. The van der Waals surface area contributed by atoms with Crippen molar-refractivity contribution in [2.45, 2.75) is 26.9 Å². The largest absolute Gasteiger partial charge is 0.388 e. The minimum atomic E-state index is -0.745. The highest BCUT2D eigenvalue weighted by Gasteiger charge is 2.25. The predicted octanol–water partition coefficient (Wildman–Crippen LogP) is 0.969. The molecule has 0 aromatic rings. The zero-order valence-corrected chi connectivity index (χ0v) is 9.44. The average Bonchev–Trinajstić information content (AvgIpc) is 2.23. The maximum Gasteiger partial charge on any atom is 0.251 e. The first kappa shape index (κ1) is 13.1. The first-order valence-electron chi connectivity index (χ1n) is 4.58. The lowest BCUT2D eigenvalue weighted by Crippen LogP contribution is -2.37. The van der Waals surface area contributed by atoms with Gasteiger partial charge in [-0.1, -0.05) is 13.0 Å². The van der Waals surface area contributed by atoms with Gasteiger partial charge in [-0.2, -0.15) is 0 Å². The summed E-state index contributed by atoms with van der Waals surface area (Å²) in [4.78, 5) is 16.3. The molecule has 4 heteroatoms. The highest BCUT2D eigenvalue weighted by atomic mass is 16.7. The first-order chi connectivity index (χ1) is 6.45. The fraction of sp³-hybridized carbons (Fsp3) is 0.700. The van der Waals surface area contributed by atoms with Gasteiger partial charge in [-0.25, -0.2) is 5.06 Å². The molecule has 0 aromatic heterocycles. The van der Waals surface area contributed by atoms with Gasteiger partial charge in [0.15, 0.2) is 0 Å². The van der Waals surface area contributed by atoms with Crippen molar-refractivity contribution in [2.75, 3.05) is 14.2 Å². The van der Waals surface area contributed by atoms with E-state index in [9.17, 15) is 9.90 Å². The van der Waals surface area contributed by atoms with Crippen LogP contribution in [0.3, 0.4) is 0 Å². The number of nitrogens with zero attached hydrogens (tertiary/aromatic N) is 1. The number of hydrogen-bond acceptors (Lipinski definition) is 3. The van der Waals surface area contributed by atoms with Crippen LogP contribution >= 0.6 is 0 Å². The molecule has 0 aliphatic rings. The minimum Gasteiger partial charge on any atom is -0.388 e. The molecule has 14 heavy (non-hydrogen) atoms. The summed E-state index contributed by atoms with van der Waals surface area (Å²) in [5.74, 6) is -0.725. The molecule has 0 aromatic carbocycles. The van der Waals surface area contributed by atoms with Crippen LogP contribution in [0.15, 0.2) is 11.6 Å². The zero-order valence-electron chi connectivity index (χ0n) is 9.44. The second-order valence-corrected chi connectivity index (χ2v) is 3.28. The van der Waals surface area contributed by atoms with E-state index in [2.05, 4.69) is 0 Å². The van der Waals surface area contributed by atoms with Crippen molar-refractivity contribution in [1.29, 1.82) is 0 Å². The quantitative estimate of drug-likeness (QED) is 0.544. The van der Waals surface area contributed by atoms with Crippen molar-refractivity contribution < 1.29 is 14.7 Å².